The van der Waals surface area contributed by atoms with E-state index in [1.54, 1.807) is 0 Å². The van der Waals surface area contributed by atoms with Crippen LogP contribution in [0.2, 0.25) is 0 Å². The minimum atomic E-state index is -4.89. The second-order valence-electron chi connectivity index (χ2n) is 1.00. The Morgan fingerprint density at radius 1 is 0.846 bits per heavy atom. The van der Waals surface area contributed by atoms with Gasteiger partial charge in [0.2, 0.25) is 0 Å². The number of hydrogen-bond acceptors (Lipinski definition) is 3. The van der Waals surface area contributed by atoms with Crippen molar-refractivity contribution in [3.63, 3.8) is 0 Å². The Morgan fingerprint density at radius 2 is 0.846 bits per heavy atom. The summed E-state index contributed by atoms with van der Waals surface area (Å²) in [5, 5.41) is 0. The summed E-state index contributed by atoms with van der Waals surface area (Å²) in [4.78, 5) is 44.5. The monoisotopic (exact) mass is 254 g/mol. The van der Waals surface area contributed by atoms with Crippen molar-refractivity contribution in [2.45, 2.75) is 0 Å². The van der Waals surface area contributed by atoms with Crippen LogP contribution >= 0.6 is 15.6 Å². The molecule has 0 heterocycles. The normalized spacial score (nSPS) is 9.08. The first-order chi connectivity index (χ1) is 4.00. The molecule has 0 aliphatic rings. The van der Waals surface area contributed by atoms with Crippen LogP contribution in [0, 0.1) is 0 Å². The topological polar surface area (TPSA) is 221 Å². The summed E-state index contributed by atoms with van der Waals surface area (Å²) in [6, 6.07) is 0. The molecule has 0 radical (unpaired) electrons. The number of hydrogen-bond donors (Lipinski definition) is 5. The third-order valence-corrected chi connectivity index (χ3v) is 0. The van der Waals surface area contributed by atoms with Crippen molar-refractivity contribution in [2.75, 3.05) is 0 Å². The molecule has 0 aliphatic heterocycles. The first kappa shape index (κ1) is 29.2. The molecule has 0 rings (SSSR count). The fourth-order valence-electron chi connectivity index (χ4n) is 0. The van der Waals surface area contributed by atoms with Gasteiger partial charge in [-0.05, 0) is 0 Å². The van der Waals surface area contributed by atoms with Crippen molar-refractivity contribution in [3.05, 3.63) is 0 Å². The van der Waals surface area contributed by atoms with E-state index in [1.807, 2.05) is 0 Å². The summed E-state index contributed by atoms with van der Waals surface area (Å²) in [7, 11) is -9.53. The molecular weight excluding hydrogens is 245 g/mol. The van der Waals surface area contributed by atoms with Gasteiger partial charge in [-0.2, -0.15) is 0 Å². The predicted molar refractivity (Wildman–Crippen MR) is 33.5 cm³/mol. The maximum atomic E-state index is 8.88. The van der Waals surface area contributed by atoms with Crippen molar-refractivity contribution in [1.82, 2.24) is 0 Å². The second-order valence-corrected chi connectivity index (χ2v) is 3.01. The van der Waals surface area contributed by atoms with Crippen LogP contribution in [0.4, 0.5) is 0 Å². The largest absolute Gasteiger partial charge is 1.00 e. The van der Waals surface area contributed by atoms with Gasteiger partial charge in [0.1, 0.15) is 0 Å². The molecule has 0 aromatic carbocycles. The molecule has 0 spiro atoms. The minimum absolute atomic E-state index is 0. The van der Waals surface area contributed by atoms with Crippen LogP contribution in [0.3, 0.4) is 0 Å². The molecule has 0 atom stereocenters. The molecule has 0 aromatic rings. The summed E-state index contributed by atoms with van der Waals surface area (Å²) in [5.41, 5.74) is 0. The average molecular weight is 254 g/mol. The Kier molecular flexibility index (Phi) is 25.2. The van der Waals surface area contributed by atoms with E-state index in [4.69, 9.17) is 38.5 Å². The third-order valence-electron chi connectivity index (χ3n) is 0. The van der Waals surface area contributed by atoms with Crippen LogP contribution in [0.1, 0.15) is 0 Å². The van der Waals surface area contributed by atoms with Crippen LogP contribution in [0.15, 0.2) is 0 Å². The summed E-state index contributed by atoms with van der Waals surface area (Å²) >= 11 is 0. The zero-order valence-corrected chi connectivity index (χ0v) is 10.1. The Morgan fingerprint density at radius 3 is 0.846 bits per heavy atom. The van der Waals surface area contributed by atoms with Crippen molar-refractivity contribution in [2.24, 2.45) is 0 Å². The molecule has 0 saturated carbocycles. The molecule has 9 N–H and O–H groups in total. The average Bonchev–Trinajstić information content (AvgIpc) is 1.12. The molecular formula is H9NaO10P2. The molecule has 0 saturated heterocycles. The smallest absolute Gasteiger partial charge is 0.756 e. The van der Waals surface area contributed by atoms with Gasteiger partial charge in [0.25, 0.3) is 7.82 Å². The van der Waals surface area contributed by atoms with Crippen molar-refractivity contribution < 1.29 is 79.0 Å². The Bertz CT molecular complexity index is 125. The van der Waals surface area contributed by atoms with Gasteiger partial charge in [-0.1, -0.05) is 0 Å². The van der Waals surface area contributed by atoms with Gasteiger partial charge in [-0.15, -0.1) is 0 Å². The van der Waals surface area contributed by atoms with Gasteiger partial charge in [-0.3, -0.25) is 4.57 Å². The second kappa shape index (κ2) is 11.2. The molecule has 0 amide bonds. The quantitative estimate of drug-likeness (QED) is 0.205. The van der Waals surface area contributed by atoms with Gasteiger partial charge in [0.15, 0.2) is 0 Å². The molecule has 10 nitrogen and oxygen atoms in total. The van der Waals surface area contributed by atoms with Crippen molar-refractivity contribution in [3.8, 4) is 0 Å². The molecule has 0 fully saturated rings. The Hall–Kier alpha value is 1.14. The van der Waals surface area contributed by atoms with Gasteiger partial charge in [0, 0.05) is 0 Å². The maximum Gasteiger partial charge on any atom is 1.00 e. The first-order valence-electron chi connectivity index (χ1n) is 1.55. The number of phosphoric acid groups is 2. The third kappa shape index (κ3) is 1250. The fraction of sp³-hybridized carbons (Fsp3) is 0. The Labute approximate surface area is 94.6 Å². The Balaban J connectivity index is -0.0000000267. The van der Waals surface area contributed by atoms with Crippen molar-refractivity contribution in [1.29, 1.82) is 0 Å². The van der Waals surface area contributed by atoms with E-state index in [9.17, 15) is 0 Å². The summed E-state index contributed by atoms with van der Waals surface area (Å²) in [5.74, 6) is 0. The number of rotatable bonds is 0. The van der Waals surface area contributed by atoms with E-state index in [1.165, 1.54) is 0 Å². The van der Waals surface area contributed by atoms with Gasteiger partial charge in [-0.25, -0.2) is 4.57 Å². The first-order valence-corrected chi connectivity index (χ1v) is 4.64. The fourth-order valence-corrected chi connectivity index (χ4v) is 0. The van der Waals surface area contributed by atoms with E-state index in [2.05, 4.69) is 0 Å². The van der Waals surface area contributed by atoms with E-state index in [-0.39, 0.29) is 40.5 Å². The zero-order chi connectivity index (χ0) is 9.00. The summed E-state index contributed by atoms with van der Waals surface area (Å²) < 4.78 is 17.7. The summed E-state index contributed by atoms with van der Waals surface area (Å²) in [6.45, 7) is 0. The van der Waals surface area contributed by atoms with Crippen LogP contribution < -0.4 is 34.5 Å². The molecule has 80 valence electrons. The van der Waals surface area contributed by atoms with E-state index < -0.39 is 15.6 Å². The van der Waals surface area contributed by atoms with Gasteiger partial charge in [0.05, 0.1) is 0 Å². The standard InChI is InChI=1S/Na.2H3O4P.2H2O/c;2*1-5(2,3)4;;/h;2*(H3,1,2,3,4);2*1H2/q+1;;;;/p-1. The van der Waals surface area contributed by atoms with Crippen LogP contribution in [-0.2, 0) is 9.13 Å². The predicted octanol–water partition coefficient (Wildman–Crippen LogP) is -7.13. The van der Waals surface area contributed by atoms with Gasteiger partial charge >= 0.3 is 37.4 Å². The minimum Gasteiger partial charge on any atom is -0.756 e. The summed E-state index contributed by atoms with van der Waals surface area (Å²) in [6.07, 6.45) is 0. The van der Waals surface area contributed by atoms with E-state index in [0.717, 1.165) is 0 Å². The molecule has 0 aromatic heterocycles. The van der Waals surface area contributed by atoms with Crippen molar-refractivity contribution >= 4 is 15.6 Å². The molecule has 13 heteroatoms. The van der Waals surface area contributed by atoms with Crippen LogP contribution in [0.5, 0.6) is 0 Å². The van der Waals surface area contributed by atoms with E-state index >= 15 is 0 Å². The van der Waals surface area contributed by atoms with Crippen LogP contribution in [0.25, 0.3) is 0 Å². The molecule has 0 bridgehead atoms. The van der Waals surface area contributed by atoms with Crippen LogP contribution in [-0.4, -0.2) is 35.4 Å². The zero-order valence-electron chi connectivity index (χ0n) is 6.36. The molecule has 0 aliphatic carbocycles. The van der Waals surface area contributed by atoms with Gasteiger partial charge < -0.3 is 40.3 Å². The maximum absolute atomic E-state index is 8.88. The molecule has 0 unspecified atom stereocenters. The van der Waals surface area contributed by atoms with E-state index in [0.29, 0.717) is 0 Å². The SMILES string of the molecule is O.O.O=P(O)(O)O.O=P([O-])(O)O.[Na+]. The molecule has 13 heavy (non-hydrogen) atoms.